The van der Waals surface area contributed by atoms with Crippen molar-refractivity contribution in [1.29, 1.82) is 5.26 Å². The highest BCUT2D eigenvalue weighted by atomic mass is 32.1. The van der Waals surface area contributed by atoms with Gasteiger partial charge in [-0.2, -0.15) is 5.26 Å². The molecule has 1 amide bonds. The predicted molar refractivity (Wildman–Crippen MR) is 98.2 cm³/mol. The average Bonchev–Trinajstić information content (AvgIpc) is 3.08. The van der Waals surface area contributed by atoms with Gasteiger partial charge < -0.3 is 9.47 Å². The first-order valence-corrected chi connectivity index (χ1v) is 8.57. The van der Waals surface area contributed by atoms with Crippen LogP contribution in [0.25, 0.3) is 6.08 Å². The van der Waals surface area contributed by atoms with Crippen LogP contribution in [0.15, 0.2) is 35.2 Å². The molecule has 0 aliphatic heterocycles. The Labute approximate surface area is 155 Å². The number of carbonyl (C=O) groups excluding carboxylic acids is 2. The quantitative estimate of drug-likeness (QED) is 0.439. The third kappa shape index (κ3) is 4.46. The molecule has 134 valence electrons. The number of nitriles is 1. The SMILES string of the molecule is CCOC(=O)/C(C#N)=C/c1csc(N(C(C)=O)c2ccc(OC)cc2)n1. The van der Waals surface area contributed by atoms with Crippen LogP contribution < -0.4 is 9.64 Å². The second-order valence-corrected chi connectivity index (χ2v) is 5.83. The number of rotatable bonds is 6. The first-order chi connectivity index (χ1) is 12.5. The summed E-state index contributed by atoms with van der Waals surface area (Å²) in [4.78, 5) is 29.6. The normalized spacial score (nSPS) is 10.8. The number of thiazole rings is 1. The third-order valence-corrected chi connectivity index (χ3v) is 4.10. The lowest BCUT2D eigenvalue weighted by atomic mass is 10.2. The van der Waals surface area contributed by atoms with Crippen LogP contribution in [0.2, 0.25) is 0 Å². The number of amides is 1. The average molecular weight is 371 g/mol. The van der Waals surface area contributed by atoms with Crippen molar-refractivity contribution in [2.45, 2.75) is 13.8 Å². The molecule has 0 aliphatic rings. The number of carbonyl (C=O) groups is 2. The number of methoxy groups -OCH3 is 1. The summed E-state index contributed by atoms with van der Waals surface area (Å²) in [5.41, 5.74) is 0.881. The lowest BCUT2D eigenvalue weighted by Crippen LogP contribution is -2.22. The Morgan fingerprint density at radius 2 is 2.04 bits per heavy atom. The molecular formula is C18H17N3O4S. The number of benzene rings is 1. The molecule has 0 unspecified atom stereocenters. The van der Waals surface area contributed by atoms with Gasteiger partial charge in [-0.05, 0) is 37.3 Å². The molecule has 0 bridgehead atoms. The highest BCUT2D eigenvalue weighted by Crippen LogP contribution is 2.30. The van der Waals surface area contributed by atoms with Crippen LogP contribution in [-0.4, -0.2) is 30.6 Å². The molecule has 0 saturated heterocycles. The third-order valence-electron chi connectivity index (χ3n) is 3.25. The summed E-state index contributed by atoms with van der Waals surface area (Å²) in [5, 5.41) is 11.2. The highest BCUT2D eigenvalue weighted by molar-refractivity contribution is 7.14. The van der Waals surface area contributed by atoms with Crippen LogP contribution in [0, 0.1) is 11.3 Å². The summed E-state index contributed by atoms with van der Waals surface area (Å²) < 4.78 is 9.94. The number of aromatic nitrogens is 1. The van der Waals surface area contributed by atoms with Gasteiger partial charge in [-0.3, -0.25) is 9.69 Å². The van der Waals surface area contributed by atoms with E-state index in [2.05, 4.69) is 4.98 Å². The van der Waals surface area contributed by atoms with Gasteiger partial charge in [0.25, 0.3) is 0 Å². The Hall–Kier alpha value is -3.18. The Bertz CT molecular complexity index is 865. The summed E-state index contributed by atoms with van der Waals surface area (Å²) in [6, 6.07) is 8.78. The van der Waals surface area contributed by atoms with Crippen molar-refractivity contribution in [3.05, 3.63) is 40.9 Å². The molecule has 1 aromatic heterocycles. The second-order valence-electron chi connectivity index (χ2n) is 5.00. The summed E-state index contributed by atoms with van der Waals surface area (Å²) in [7, 11) is 1.56. The monoisotopic (exact) mass is 371 g/mol. The minimum atomic E-state index is -0.705. The number of nitrogens with zero attached hydrogens (tertiary/aromatic N) is 3. The molecule has 0 radical (unpaired) electrons. The number of esters is 1. The van der Waals surface area contributed by atoms with Gasteiger partial charge in [0.15, 0.2) is 5.13 Å². The molecule has 8 heteroatoms. The zero-order chi connectivity index (χ0) is 19.1. The molecular weight excluding hydrogens is 354 g/mol. The summed E-state index contributed by atoms with van der Waals surface area (Å²) in [6.07, 6.45) is 1.34. The van der Waals surface area contributed by atoms with Gasteiger partial charge in [-0.25, -0.2) is 9.78 Å². The van der Waals surface area contributed by atoms with Gasteiger partial charge in [0.2, 0.25) is 5.91 Å². The van der Waals surface area contributed by atoms with Gasteiger partial charge in [0, 0.05) is 12.3 Å². The summed E-state index contributed by atoms with van der Waals surface area (Å²) in [5.74, 6) is -0.248. The van der Waals surface area contributed by atoms with Crippen LogP contribution >= 0.6 is 11.3 Å². The van der Waals surface area contributed by atoms with Gasteiger partial charge >= 0.3 is 5.97 Å². The minimum Gasteiger partial charge on any atom is -0.497 e. The number of anilines is 2. The lowest BCUT2D eigenvalue weighted by Gasteiger charge is -2.18. The first kappa shape index (κ1) is 19.1. The topological polar surface area (TPSA) is 92.5 Å². The van der Waals surface area contributed by atoms with Crippen LogP contribution in [0.3, 0.4) is 0 Å². The van der Waals surface area contributed by atoms with E-state index in [0.29, 0.717) is 22.3 Å². The lowest BCUT2D eigenvalue weighted by molar-refractivity contribution is -0.137. The number of hydrogen-bond donors (Lipinski definition) is 0. The van der Waals surface area contributed by atoms with Crippen molar-refractivity contribution in [3.8, 4) is 11.8 Å². The van der Waals surface area contributed by atoms with E-state index in [1.807, 2.05) is 0 Å². The van der Waals surface area contributed by atoms with E-state index in [4.69, 9.17) is 14.7 Å². The van der Waals surface area contributed by atoms with E-state index >= 15 is 0 Å². The molecule has 0 saturated carbocycles. The Balaban J connectivity index is 2.33. The molecule has 2 rings (SSSR count). The Morgan fingerprint density at radius 3 is 2.58 bits per heavy atom. The van der Waals surface area contributed by atoms with Gasteiger partial charge in [0.1, 0.15) is 17.4 Å². The fourth-order valence-electron chi connectivity index (χ4n) is 2.10. The smallest absolute Gasteiger partial charge is 0.348 e. The van der Waals surface area contributed by atoms with Gasteiger partial charge in [-0.1, -0.05) is 0 Å². The molecule has 0 fully saturated rings. The Kier molecular flexibility index (Phi) is 6.47. The van der Waals surface area contributed by atoms with E-state index in [9.17, 15) is 9.59 Å². The maximum atomic E-state index is 12.1. The molecule has 26 heavy (non-hydrogen) atoms. The van der Waals surface area contributed by atoms with E-state index in [0.717, 1.165) is 0 Å². The van der Waals surface area contributed by atoms with Crippen LogP contribution in [-0.2, 0) is 14.3 Å². The zero-order valence-electron chi connectivity index (χ0n) is 14.6. The number of ether oxygens (including phenoxy) is 2. The van der Waals surface area contributed by atoms with Gasteiger partial charge in [-0.15, -0.1) is 11.3 Å². The van der Waals surface area contributed by atoms with E-state index in [1.54, 1.807) is 49.7 Å². The van der Waals surface area contributed by atoms with Gasteiger partial charge in [0.05, 0.1) is 25.1 Å². The van der Waals surface area contributed by atoms with Crippen LogP contribution in [0.4, 0.5) is 10.8 Å². The summed E-state index contributed by atoms with van der Waals surface area (Å²) in [6.45, 7) is 3.27. The van der Waals surface area contributed by atoms with Crippen molar-refractivity contribution in [2.75, 3.05) is 18.6 Å². The molecule has 0 atom stereocenters. The maximum absolute atomic E-state index is 12.1. The van der Waals surface area contributed by atoms with E-state index in [1.165, 1.54) is 29.2 Å². The molecule has 2 aromatic rings. The Morgan fingerprint density at radius 1 is 1.35 bits per heavy atom. The standard InChI is InChI=1S/C18H17N3O4S/c1-4-25-17(23)13(10-19)9-14-11-26-18(20-14)21(12(2)22)15-5-7-16(24-3)8-6-15/h5-9,11H,4H2,1-3H3/b13-9+. The zero-order valence-corrected chi connectivity index (χ0v) is 15.4. The molecule has 7 nitrogen and oxygen atoms in total. The van der Waals surface area contributed by atoms with Crippen LogP contribution in [0.5, 0.6) is 5.75 Å². The van der Waals surface area contributed by atoms with Crippen molar-refractivity contribution in [3.63, 3.8) is 0 Å². The van der Waals surface area contributed by atoms with E-state index in [-0.39, 0.29) is 18.1 Å². The van der Waals surface area contributed by atoms with E-state index < -0.39 is 5.97 Å². The largest absolute Gasteiger partial charge is 0.497 e. The van der Waals surface area contributed by atoms with Crippen molar-refractivity contribution < 1.29 is 19.1 Å². The molecule has 1 aromatic carbocycles. The fourth-order valence-corrected chi connectivity index (χ4v) is 2.94. The highest BCUT2D eigenvalue weighted by Gasteiger charge is 2.18. The van der Waals surface area contributed by atoms with Crippen molar-refractivity contribution in [2.24, 2.45) is 0 Å². The number of hydrogen-bond acceptors (Lipinski definition) is 7. The first-order valence-electron chi connectivity index (χ1n) is 7.69. The second kappa shape index (κ2) is 8.78. The van der Waals surface area contributed by atoms with Crippen molar-refractivity contribution in [1.82, 2.24) is 4.98 Å². The van der Waals surface area contributed by atoms with Crippen LogP contribution in [0.1, 0.15) is 19.5 Å². The minimum absolute atomic E-state index is 0.150. The fraction of sp³-hybridized carbons (Fsp3) is 0.222. The molecule has 0 spiro atoms. The molecule has 0 aliphatic carbocycles. The molecule has 1 heterocycles. The summed E-state index contributed by atoms with van der Waals surface area (Å²) >= 11 is 1.22. The van der Waals surface area contributed by atoms with Crippen molar-refractivity contribution >= 4 is 40.1 Å². The molecule has 0 N–H and O–H groups in total. The maximum Gasteiger partial charge on any atom is 0.348 e. The predicted octanol–water partition coefficient (Wildman–Crippen LogP) is 3.31.